The van der Waals surface area contributed by atoms with Crippen molar-refractivity contribution in [1.82, 2.24) is 9.88 Å². The van der Waals surface area contributed by atoms with Gasteiger partial charge in [-0.1, -0.05) is 18.2 Å². The molecular weight excluding hydrogens is 350 g/mol. The highest BCUT2D eigenvalue weighted by Crippen LogP contribution is 2.20. The molecule has 0 atom stereocenters. The summed E-state index contributed by atoms with van der Waals surface area (Å²) in [5.74, 6) is -0.203. The van der Waals surface area contributed by atoms with Gasteiger partial charge in [-0.25, -0.2) is 0 Å². The minimum atomic E-state index is -0.224. The third-order valence-electron chi connectivity index (χ3n) is 5.17. The Morgan fingerprint density at radius 3 is 2.57 bits per heavy atom. The summed E-state index contributed by atoms with van der Waals surface area (Å²) in [7, 11) is 0. The van der Waals surface area contributed by atoms with Crippen molar-refractivity contribution in [3.8, 4) is 0 Å². The number of nitrogens with one attached hydrogen (secondary N) is 1. The van der Waals surface area contributed by atoms with Crippen molar-refractivity contribution < 1.29 is 9.59 Å². The van der Waals surface area contributed by atoms with Crippen LogP contribution in [0.4, 0.5) is 5.69 Å². The molecule has 5 heteroatoms. The third-order valence-corrected chi connectivity index (χ3v) is 5.17. The van der Waals surface area contributed by atoms with Crippen LogP contribution in [-0.2, 0) is 0 Å². The summed E-state index contributed by atoms with van der Waals surface area (Å²) < 4.78 is 0. The van der Waals surface area contributed by atoms with Gasteiger partial charge in [0, 0.05) is 29.7 Å². The van der Waals surface area contributed by atoms with E-state index in [1.807, 2.05) is 43.0 Å². The van der Waals surface area contributed by atoms with E-state index in [0.29, 0.717) is 22.5 Å². The highest BCUT2D eigenvalue weighted by atomic mass is 16.2. The van der Waals surface area contributed by atoms with Gasteiger partial charge < -0.3 is 10.2 Å². The minimum Gasteiger partial charge on any atom is -0.339 e. The van der Waals surface area contributed by atoms with Crippen LogP contribution in [0.2, 0.25) is 0 Å². The van der Waals surface area contributed by atoms with Crippen molar-refractivity contribution >= 4 is 28.4 Å². The number of hydrogen-bond acceptors (Lipinski definition) is 3. The average Bonchev–Trinajstić information content (AvgIpc) is 3.21. The van der Waals surface area contributed by atoms with E-state index in [1.54, 1.807) is 24.3 Å². The molecule has 3 aromatic rings. The Balaban J connectivity index is 1.57. The predicted octanol–water partition coefficient (Wildman–Crippen LogP) is 4.34. The molecule has 4 rings (SSSR count). The summed E-state index contributed by atoms with van der Waals surface area (Å²) in [6.07, 6.45) is 2.10. The van der Waals surface area contributed by atoms with E-state index in [4.69, 9.17) is 0 Å². The van der Waals surface area contributed by atoms with Gasteiger partial charge >= 0.3 is 0 Å². The van der Waals surface area contributed by atoms with E-state index < -0.39 is 0 Å². The SMILES string of the molecule is Cc1ccc2cc(C(=O)Nc3cccc(C(=O)N4CCCC4)c3)c(C)nc2c1. The maximum Gasteiger partial charge on any atom is 0.257 e. The van der Waals surface area contributed by atoms with Crippen LogP contribution in [0.25, 0.3) is 10.9 Å². The fourth-order valence-corrected chi connectivity index (χ4v) is 3.63. The molecule has 1 N–H and O–H groups in total. The Morgan fingerprint density at radius 1 is 1.00 bits per heavy atom. The molecule has 1 saturated heterocycles. The first-order chi connectivity index (χ1) is 13.5. The number of aromatic nitrogens is 1. The number of likely N-dealkylation sites (tertiary alicyclic amines) is 1. The van der Waals surface area contributed by atoms with E-state index >= 15 is 0 Å². The highest BCUT2D eigenvalue weighted by molar-refractivity contribution is 6.07. The minimum absolute atomic E-state index is 0.0209. The van der Waals surface area contributed by atoms with Crippen LogP contribution in [0.5, 0.6) is 0 Å². The molecule has 0 radical (unpaired) electrons. The van der Waals surface area contributed by atoms with Crippen LogP contribution >= 0.6 is 0 Å². The van der Waals surface area contributed by atoms with E-state index in [-0.39, 0.29) is 11.8 Å². The predicted molar refractivity (Wildman–Crippen MR) is 111 cm³/mol. The fourth-order valence-electron chi connectivity index (χ4n) is 3.63. The lowest BCUT2D eigenvalue weighted by Gasteiger charge is -2.16. The van der Waals surface area contributed by atoms with E-state index in [0.717, 1.165) is 42.4 Å². The Hall–Kier alpha value is -3.21. The number of pyridine rings is 1. The second kappa shape index (κ2) is 7.43. The van der Waals surface area contributed by atoms with Crippen LogP contribution in [0.3, 0.4) is 0 Å². The second-order valence-corrected chi connectivity index (χ2v) is 7.35. The zero-order valence-electron chi connectivity index (χ0n) is 16.2. The van der Waals surface area contributed by atoms with Crippen molar-refractivity contribution in [1.29, 1.82) is 0 Å². The van der Waals surface area contributed by atoms with Crippen molar-refractivity contribution in [3.63, 3.8) is 0 Å². The molecule has 1 aromatic heterocycles. The summed E-state index contributed by atoms with van der Waals surface area (Å²) in [6, 6.07) is 15.0. The van der Waals surface area contributed by atoms with E-state index in [9.17, 15) is 9.59 Å². The molecule has 0 aliphatic carbocycles. The van der Waals surface area contributed by atoms with Crippen molar-refractivity contribution in [2.24, 2.45) is 0 Å². The Kier molecular flexibility index (Phi) is 4.82. The molecule has 1 aliphatic rings. The zero-order chi connectivity index (χ0) is 19.7. The van der Waals surface area contributed by atoms with Gasteiger partial charge in [-0.05, 0) is 62.6 Å². The molecule has 5 nitrogen and oxygen atoms in total. The number of carbonyl (C=O) groups is 2. The van der Waals surface area contributed by atoms with Crippen LogP contribution in [0, 0.1) is 13.8 Å². The molecule has 2 aromatic carbocycles. The van der Waals surface area contributed by atoms with Gasteiger partial charge in [0.05, 0.1) is 16.8 Å². The summed E-state index contributed by atoms with van der Waals surface area (Å²) in [4.78, 5) is 31.9. The van der Waals surface area contributed by atoms with Gasteiger partial charge in [0.2, 0.25) is 0 Å². The number of aryl methyl sites for hydroxylation is 2. The lowest BCUT2D eigenvalue weighted by molar-refractivity contribution is 0.0792. The molecule has 28 heavy (non-hydrogen) atoms. The number of carbonyl (C=O) groups excluding carboxylic acids is 2. The molecule has 0 bridgehead atoms. The molecule has 0 saturated carbocycles. The average molecular weight is 373 g/mol. The summed E-state index contributed by atoms with van der Waals surface area (Å²) in [6.45, 7) is 5.46. The number of fused-ring (bicyclic) bond motifs is 1. The fraction of sp³-hybridized carbons (Fsp3) is 0.261. The molecule has 0 spiro atoms. The summed E-state index contributed by atoms with van der Waals surface area (Å²) in [5, 5.41) is 3.84. The second-order valence-electron chi connectivity index (χ2n) is 7.35. The van der Waals surface area contributed by atoms with Crippen molar-refractivity contribution in [2.75, 3.05) is 18.4 Å². The smallest absolute Gasteiger partial charge is 0.257 e. The molecule has 1 fully saturated rings. The van der Waals surface area contributed by atoms with Gasteiger partial charge in [-0.2, -0.15) is 0 Å². The summed E-state index contributed by atoms with van der Waals surface area (Å²) >= 11 is 0. The molecule has 0 unspecified atom stereocenters. The maximum atomic E-state index is 12.8. The van der Waals surface area contributed by atoms with Crippen LogP contribution in [0.1, 0.15) is 44.8 Å². The Morgan fingerprint density at radius 2 is 1.79 bits per heavy atom. The first-order valence-electron chi connectivity index (χ1n) is 9.60. The number of anilines is 1. The Bertz CT molecular complexity index is 1070. The highest BCUT2D eigenvalue weighted by Gasteiger charge is 2.20. The van der Waals surface area contributed by atoms with Gasteiger partial charge in [-0.15, -0.1) is 0 Å². The molecule has 2 amide bonds. The largest absolute Gasteiger partial charge is 0.339 e. The first kappa shape index (κ1) is 18.2. The van der Waals surface area contributed by atoms with E-state index in [2.05, 4.69) is 10.3 Å². The number of rotatable bonds is 3. The molecule has 1 aliphatic heterocycles. The van der Waals surface area contributed by atoms with Gasteiger partial charge in [0.25, 0.3) is 11.8 Å². The normalized spacial score (nSPS) is 13.7. The monoisotopic (exact) mass is 373 g/mol. The standard InChI is InChI=1S/C23H23N3O2/c1-15-8-9-17-14-20(16(2)24-21(17)12-15)22(27)25-19-7-5-6-18(13-19)23(28)26-10-3-4-11-26/h5-9,12-14H,3-4,10-11H2,1-2H3,(H,25,27). The maximum absolute atomic E-state index is 12.8. The van der Waals surface area contributed by atoms with Crippen LogP contribution in [0.15, 0.2) is 48.5 Å². The zero-order valence-corrected chi connectivity index (χ0v) is 16.2. The Labute approximate surface area is 164 Å². The van der Waals surface area contributed by atoms with E-state index in [1.165, 1.54) is 0 Å². The van der Waals surface area contributed by atoms with Gasteiger partial charge in [0.15, 0.2) is 0 Å². The van der Waals surface area contributed by atoms with Gasteiger partial charge in [0.1, 0.15) is 0 Å². The van der Waals surface area contributed by atoms with Crippen LogP contribution < -0.4 is 5.32 Å². The molecular formula is C23H23N3O2. The molecule has 2 heterocycles. The number of benzene rings is 2. The molecule has 142 valence electrons. The number of hydrogen-bond donors (Lipinski definition) is 1. The summed E-state index contributed by atoms with van der Waals surface area (Å²) in [5.41, 5.74) is 4.44. The van der Waals surface area contributed by atoms with Crippen LogP contribution in [-0.4, -0.2) is 34.8 Å². The van der Waals surface area contributed by atoms with Crippen molar-refractivity contribution in [3.05, 3.63) is 70.9 Å². The third kappa shape index (κ3) is 3.60. The lowest BCUT2D eigenvalue weighted by Crippen LogP contribution is -2.27. The number of nitrogens with zero attached hydrogens (tertiary/aromatic N) is 2. The van der Waals surface area contributed by atoms with Crippen molar-refractivity contribution in [2.45, 2.75) is 26.7 Å². The topological polar surface area (TPSA) is 62.3 Å². The lowest BCUT2D eigenvalue weighted by atomic mass is 10.1. The number of amides is 2. The quantitative estimate of drug-likeness (QED) is 0.743. The van der Waals surface area contributed by atoms with Gasteiger partial charge in [-0.3, -0.25) is 14.6 Å². The first-order valence-corrected chi connectivity index (χ1v) is 9.60.